The monoisotopic (exact) mass is 199 g/mol. The molecule has 0 aliphatic rings. The number of carboxylic acid groups (broad SMARTS) is 1. The minimum absolute atomic E-state index is 0.0348. The van der Waals surface area contributed by atoms with Crippen molar-refractivity contribution in [3.63, 3.8) is 0 Å². The molecular formula is C10H17NO3. The zero-order chi connectivity index (χ0) is 11.0. The Labute approximate surface area is 83.8 Å². The lowest BCUT2D eigenvalue weighted by Gasteiger charge is -2.04. The average Bonchev–Trinajstić information content (AvgIpc) is 2.16. The molecular weight excluding hydrogens is 182 g/mol. The highest BCUT2D eigenvalue weighted by atomic mass is 16.4. The molecule has 0 saturated heterocycles. The van der Waals surface area contributed by atoms with Crippen LogP contribution >= 0.6 is 0 Å². The van der Waals surface area contributed by atoms with Gasteiger partial charge in [-0.15, -0.1) is 0 Å². The number of carbonyl (C=O) groups is 2. The van der Waals surface area contributed by atoms with E-state index in [0.29, 0.717) is 12.8 Å². The van der Waals surface area contributed by atoms with Crippen molar-refractivity contribution in [2.45, 2.75) is 38.1 Å². The van der Waals surface area contributed by atoms with Gasteiger partial charge in [0.2, 0.25) is 0 Å². The number of ketones is 1. The summed E-state index contributed by atoms with van der Waals surface area (Å²) >= 11 is 0. The summed E-state index contributed by atoms with van der Waals surface area (Å²) in [4.78, 5) is 21.1. The topological polar surface area (TPSA) is 80.4 Å². The standard InChI is InChI=1S/C10H17NO3/c1-2-8(12)6-4-3-5-7-9(11)10(13)14/h2,9H,1,3-7,11H2,(H,13,14)/t9-/m0/s1. The molecule has 0 aliphatic heterocycles. The highest BCUT2D eigenvalue weighted by molar-refractivity contribution is 5.88. The lowest BCUT2D eigenvalue weighted by Crippen LogP contribution is -2.29. The fourth-order valence-electron chi connectivity index (χ4n) is 1.07. The third kappa shape index (κ3) is 6.37. The average molecular weight is 199 g/mol. The molecule has 0 amide bonds. The van der Waals surface area contributed by atoms with Gasteiger partial charge >= 0.3 is 5.97 Å². The molecule has 4 heteroatoms. The molecule has 0 rings (SSSR count). The highest BCUT2D eigenvalue weighted by Gasteiger charge is 2.09. The van der Waals surface area contributed by atoms with E-state index in [1.54, 1.807) is 0 Å². The summed E-state index contributed by atoms with van der Waals surface area (Å²) in [5.41, 5.74) is 5.30. The van der Waals surface area contributed by atoms with Crippen molar-refractivity contribution >= 4 is 11.8 Å². The number of nitrogens with two attached hydrogens (primary N) is 1. The molecule has 0 aliphatic carbocycles. The summed E-state index contributed by atoms with van der Waals surface area (Å²) in [5, 5.41) is 8.47. The first-order valence-electron chi connectivity index (χ1n) is 4.71. The Bertz CT molecular complexity index is 213. The van der Waals surface area contributed by atoms with Crippen molar-refractivity contribution < 1.29 is 14.7 Å². The third-order valence-electron chi connectivity index (χ3n) is 1.98. The molecule has 0 aromatic carbocycles. The normalized spacial score (nSPS) is 12.1. The van der Waals surface area contributed by atoms with E-state index in [9.17, 15) is 9.59 Å². The Morgan fingerprint density at radius 1 is 1.36 bits per heavy atom. The van der Waals surface area contributed by atoms with Gasteiger partial charge in [0, 0.05) is 6.42 Å². The van der Waals surface area contributed by atoms with Crippen LogP contribution in [0.3, 0.4) is 0 Å². The van der Waals surface area contributed by atoms with Crippen molar-refractivity contribution in [3.8, 4) is 0 Å². The SMILES string of the molecule is C=CC(=O)CCCCC[C@H](N)C(=O)O. The third-order valence-corrected chi connectivity index (χ3v) is 1.98. The van der Waals surface area contributed by atoms with Gasteiger partial charge in [-0.2, -0.15) is 0 Å². The van der Waals surface area contributed by atoms with Gasteiger partial charge in [0.1, 0.15) is 6.04 Å². The molecule has 3 N–H and O–H groups in total. The highest BCUT2D eigenvalue weighted by Crippen LogP contribution is 2.05. The second kappa shape index (κ2) is 7.26. The Hall–Kier alpha value is -1.16. The van der Waals surface area contributed by atoms with E-state index in [1.807, 2.05) is 0 Å². The summed E-state index contributed by atoms with van der Waals surface area (Å²) in [5.74, 6) is -0.931. The summed E-state index contributed by atoms with van der Waals surface area (Å²) < 4.78 is 0. The van der Waals surface area contributed by atoms with Crippen molar-refractivity contribution in [2.75, 3.05) is 0 Å². The van der Waals surface area contributed by atoms with E-state index in [4.69, 9.17) is 10.8 Å². The lowest BCUT2D eigenvalue weighted by molar-refractivity contribution is -0.138. The van der Waals surface area contributed by atoms with Crippen molar-refractivity contribution in [1.29, 1.82) is 0 Å². The molecule has 0 fully saturated rings. The number of aliphatic carboxylic acids is 1. The van der Waals surface area contributed by atoms with E-state index in [1.165, 1.54) is 6.08 Å². The first-order valence-corrected chi connectivity index (χ1v) is 4.71. The smallest absolute Gasteiger partial charge is 0.320 e. The quantitative estimate of drug-likeness (QED) is 0.453. The fraction of sp³-hybridized carbons (Fsp3) is 0.600. The second-order valence-corrected chi connectivity index (χ2v) is 3.21. The number of rotatable bonds is 8. The molecule has 0 spiro atoms. The Kier molecular flexibility index (Phi) is 6.66. The van der Waals surface area contributed by atoms with Gasteiger partial charge in [0.05, 0.1) is 0 Å². The molecule has 0 saturated carbocycles. The van der Waals surface area contributed by atoms with Gasteiger partial charge in [0.25, 0.3) is 0 Å². The first kappa shape index (κ1) is 12.8. The summed E-state index contributed by atoms with van der Waals surface area (Å²) in [6.07, 6.45) is 4.63. The van der Waals surface area contributed by atoms with Crippen molar-refractivity contribution in [3.05, 3.63) is 12.7 Å². The van der Waals surface area contributed by atoms with Crippen molar-refractivity contribution in [2.24, 2.45) is 5.73 Å². The number of hydrogen-bond acceptors (Lipinski definition) is 3. The molecule has 0 heterocycles. The predicted octanol–water partition coefficient (Wildman–Crippen LogP) is 1.10. The van der Waals surface area contributed by atoms with E-state index >= 15 is 0 Å². The minimum atomic E-state index is -0.966. The van der Waals surface area contributed by atoms with Crippen LogP contribution in [0.25, 0.3) is 0 Å². The van der Waals surface area contributed by atoms with Crippen LogP contribution in [0.15, 0.2) is 12.7 Å². The first-order chi connectivity index (χ1) is 6.57. The van der Waals surface area contributed by atoms with Crippen LogP contribution in [-0.2, 0) is 9.59 Å². The van der Waals surface area contributed by atoms with Crippen LogP contribution < -0.4 is 5.73 Å². The predicted molar refractivity (Wildman–Crippen MR) is 53.9 cm³/mol. The molecule has 0 aromatic heterocycles. The molecule has 4 nitrogen and oxygen atoms in total. The summed E-state index contributed by atoms with van der Waals surface area (Å²) in [6, 6.07) is -0.773. The maximum absolute atomic E-state index is 10.8. The fourth-order valence-corrected chi connectivity index (χ4v) is 1.07. The van der Waals surface area contributed by atoms with E-state index in [-0.39, 0.29) is 5.78 Å². The van der Waals surface area contributed by atoms with E-state index in [2.05, 4.69) is 6.58 Å². The number of hydrogen-bond donors (Lipinski definition) is 2. The molecule has 1 atom stereocenters. The number of unbranched alkanes of at least 4 members (excludes halogenated alkanes) is 2. The van der Waals surface area contributed by atoms with Gasteiger partial charge in [-0.3, -0.25) is 9.59 Å². The molecule has 80 valence electrons. The number of carboxylic acids is 1. The summed E-state index contributed by atoms with van der Waals surface area (Å²) in [6.45, 7) is 3.36. The second-order valence-electron chi connectivity index (χ2n) is 3.21. The van der Waals surface area contributed by atoms with Crippen LogP contribution in [0.4, 0.5) is 0 Å². The van der Waals surface area contributed by atoms with E-state index in [0.717, 1.165) is 19.3 Å². The maximum atomic E-state index is 10.8. The molecule has 0 unspecified atom stereocenters. The molecule has 0 bridgehead atoms. The zero-order valence-electron chi connectivity index (χ0n) is 8.24. The Balaban J connectivity index is 3.34. The van der Waals surface area contributed by atoms with Crippen LogP contribution in [0.5, 0.6) is 0 Å². The van der Waals surface area contributed by atoms with Gasteiger partial charge < -0.3 is 10.8 Å². The number of carbonyl (C=O) groups excluding carboxylic acids is 1. The van der Waals surface area contributed by atoms with Crippen LogP contribution in [0.1, 0.15) is 32.1 Å². The molecule has 14 heavy (non-hydrogen) atoms. The zero-order valence-corrected chi connectivity index (χ0v) is 8.24. The number of allylic oxidation sites excluding steroid dienone is 1. The van der Waals surface area contributed by atoms with E-state index < -0.39 is 12.0 Å². The van der Waals surface area contributed by atoms with Gasteiger partial charge in [0.15, 0.2) is 5.78 Å². The van der Waals surface area contributed by atoms with Crippen LogP contribution in [-0.4, -0.2) is 22.9 Å². The Morgan fingerprint density at radius 2 is 2.00 bits per heavy atom. The van der Waals surface area contributed by atoms with Crippen LogP contribution in [0.2, 0.25) is 0 Å². The molecule has 0 radical (unpaired) electrons. The largest absolute Gasteiger partial charge is 0.480 e. The maximum Gasteiger partial charge on any atom is 0.320 e. The van der Waals surface area contributed by atoms with Gasteiger partial charge in [-0.25, -0.2) is 0 Å². The minimum Gasteiger partial charge on any atom is -0.480 e. The Morgan fingerprint density at radius 3 is 2.50 bits per heavy atom. The van der Waals surface area contributed by atoms with Crippen LogP contribution in [0, 0.1) is 0 Å². The molecule has 0 aromatic rings. The van der Waals surface area contributed by atoms with Gasteiger partial charge in [-0.05, 0) is 18.9 Å². The van der Waals surface area contributed by atoms with Crippen molar-refractivity contribution in [1.82, 2.24) is 0 Å². The summed E-state index contributed by atoms with van der Waals surface area (Å²) in [7, 11) is 0. The van der Waals surface area contributed by atoms with Gasteiger partial charge in [-0.1, -0.05) is 19.4 Å². The lowest BCUT2D eigenvalue weighted by atomic mass is 10.1.